The number of hydrogen-bond donors (Lipinski definition) is 1. The number of thioether (sulfide) groups is 1. The quantitative estimate of drug-likeness (QED) is 0.652. The van der Waals surface area contributed by atoms with Crippen LogP contribution in [0.1, 0.15) is 16.7 Å². The molecule has 1 aromatic heterocycles. The topological polar surface area (TPSA) is 71.0 Å². The molecule has 1 aliphatic rings. The van der Waals surface area contributed by atoms with E-state index in [-0.39, 0.29) is 17.3 Å². The minimum absolute atomic E-state index is 0.0737. The number of aryl methyl sites for hydroxylation is 1. The maximum absolute atomic E-state index is 12.7. The van der Waals surface area contributed by atoms with Crippen molar-refractivity contribution in [2.24, 2.45) is 0 Å². The van der Waals surface area contributed by atoms with Crippen molar-refractivity contribution in [1.82, 2.24) is 19.7 Å². The number of rotatable bonds is 6. The molecule has 0 saturated carbocycles. The zero-order valence-electron chi connectivity index (χ0n) is 15.5. The third-order valence-corrected chi connectivity index (χ3v) is 5.96. The van der Waals surface area contributed by atoms with Crippen LogP contribution in [-0.2, 0) is 30.7 Å². The molecular weight excluding hydrogens is 372 g/mol. The lowest BCUT2D eigenvalue weighted by molar-refractivity contribution is -0.129. The normalized spacial score (nSPS) is 13.4. The van der Waals surface area contributed by atoms with Crippen LogP contribution >= 0.6 is 11.8 Å². The van der Waals surface area contributed by atoms with Gasteiger partial charge in [0.1, 0.15) is 0 Å². The van der Waals surface area contributed by atoms with Gasteiger partial charge in [-0.15, -0.1) is 5.10 Å². The standard InChI is InChI=1S/C21H22N4O2S/c26-19(24-12-11-17-8-4-5-9-18(17)14-24)15-28-21-23-22-20(27)25(21)13-10-16-6-2-1-3-7-16/h1-9H,10-15H2,(H,22,27). The van der Waals surface area contributed by atoms with E-state index in [0.29, 0.717) is 18.2 Å². The van der Waals surface area contributed by atoms with Crippen molar-refractivity contribution in [3.8, 4) is 0 Å². The summed E-state index contributed by atoms with van der Waals surface area (Å²) in [7, 11) is 0. The van der Waals surface area contributed by atoms with E-state index in [9.17, 15) is 9.59 Å². The molecule has 1 aliphatic heterocycles. The van der Waals surface area contributed by atoms with Crippen molar-refractivity contribution in [2.45, 2.75) is 31.1 Å². The van der Waals surface area contributed by atoms with E-state index in [1.807, 2.05) is 47.4 Å². The highest BCUT2D eigenvalue weighted by Crippen LogP contribution is 2.21. The Morgan fingerprint density at radius 3 is 2.64 bits per heavy atom. The van der Waals surface area contributed by atoms with E-state index in [1.54, 1.807) is 4.57 Å². The average molecular weight is 395 g/mol. The molecule has 0 saturated heterocycles. The Morgan fingerprint density at radius 2 is 1.82 bits per heavy atom. The molecule has 0 aliphatic carbocycles. The number of amides is 1. The first-order valence-electron chi connectivity index (χ1n) is 9.37. The zero-order chi connectivity index (χ0) is 19.3. The molecule has 2 aromatic carbocycles. The molecule has 0 atom stereocenters. The molecule has 1 N–H and O–H groups in total. The highest BCUT2D eigenvalue weighted by molar-refractivity contribution is 7.99. The number of carbonyl (C=O) groups excluding carboxylic acids is 1. The van der Waals surface area contributed by atoms with Crippen molar-refractivity contribution in [3.63, 3.8) is 0 Å². The largest absolute Gasteiger partial charge is 0.343 e. The molecule has 0 bridgehead atoms. The molecular formula is C21H22N4O2S. The van der Waals surface area contributed by atoms with Gasteiger partial charge in [-0.3, -0.25) is 9.36 Å². The van der Waals surface area contributed by atoms with E-state index in [0.717, 1.165) is 24.9 Å². The number of nitrogens with one attached hydrogen (secondary N) is 1. The fourth-order valence-corrected chi connectivity index (χ4v) is 4.30. The summed E-state index contributed by atoms with van der Waals surface area (Å²) in [5, 5.41) is 7.16. The molecule has 2 heterocycles. The van der Waals surface area contributed by atoms with Crippen LogP contribution in [-0.4, -0.2) is 37.9 Å². The SMILES string of the molecule is O=C(CSc1n[nH]c(=O)n1CCc1ccccc1)N1CCc2ccccc2C1. The number of aromatic amines is 1. The second kappa shape index (κ2) is 8.48. The van der Waals surface area contributed by atoms with Gasteiger partial charge in [0.25, 0.3) is 0 Å². The van der Waals surface area contributed by atoms with Crippen LogP contribution < -0.4 is 5.69 Å². The number of aromatic nitrogens is 3. The lowest BCUT2D eigenvalue weighted by Gasteiger charge is -2.28. The molecule has 144 valence electrons. The summed E-state index contributed by atoms with van der Waals surface area (Å²) < 4.78 is 1.61. The molecule has 0 unspecified atom stereocenters. The van der Waals surface area contributed by atoms with E-state index >= 15 is 0 Å². The van der Waals surface area contributed by atoms with Gasteiger partial charge < -0.3 is 4.90 Å². The van der Waals surface area contributed by atoms with Gasteiger partial charge in [-0.1, -0.05) is 66.4 Å². The van der Waals surface area contributed by atoms with Gasteiger partial charge in [0.2, 0.25) is 5.91 Å². The summed E-state index contributed by atoms with van der Waals surface area (Å²) >= 11 is 1.32. The van der Waals surface area contributed by atoms with Gasteiger partial charge in [0.05, 0.1) is 5.75 Å². The first-order chi connectivity index (χ1) is 13.7. The van der Waals surface area contributed by atoms with Gasteiger partial charge in [-0.2, -0.15) is 0 Å². The van der Waals surface area contributed by atoms with Crippen molar-refractivity contribution in [2.75, 3.05) is 12.3 Å². The lowest BCUT2D eigenvalue weighted by Crippen LogP contribution is -2.37. The lowest BCUT2D eigenvalue weighted by atomic mass is 10.00. The van der Waals surface area contributed by atoms with Gasteiger partial charge in [0.15, 0.2) is 5.16 Å². The molecule has 7 heteroatoms. The van der Waals surface area contributed by atoms with Crippen molar-refractivity contribution in [3.05, 3.63) is 81.8 Å². The molecule has 4 rings (SSSR count). The fraction of sp³-hybridized carbons (Fsp3) is 0.286. The Labute approximate surface area is 167 Å². The van der Waals surface area contributed by atoms with Crippen molar-refractivity contribution in [1.29, 1.82) is 0 Å². The highest BCUT2D eigenvalue weighted by atomic mass is 32.2. The minimum Gasteiger partial charge on any atom is -0.337 e. The molecule has 1 amide bonds. The smallest absolute Gasteiger partial charge is 0.337 e. The van der Waals surface area contributed by atoms with Crippen molar-refractivity contribution < 1.29 is 4.79 Å². The maximum atomic E-state index is 12.7. The van der Waals surface area contributed by atoms with Crippen LogP contribution in [0.25, 0.3) is 0 Å². The summed E-state index contributed by atoms with van der Waals surface area (Å²) in [6.07, 6.45) is 1.63. The van der Waals surface area contributed by atoms with Crippen LogP contribution in [0.4, 0.5) is 0 Å². The predicted octanol–water partition coefficient (Wildman–Crippen LogP) is 2.49. The molecule has 0 radical (unpaired) electrons. The summed E-state index contributed by atoms with van der Waals surface area (Å²) in [4.78, 5) is 26.6. The molecule has 28 heavy (non-hydrogen) atoms. The number of benzene rings is 2. The summed E-state index contributed by atoms with van der Waals surface area (Å²) in [5.74, 6) is 0.349. The third kappa shape index (κ3) is 4.20. The molecule has 6 nitrogen and oxygen atoms in total. The first-order valence-corrected chi connectivity index (χ1v) is 10.4. The summed E-state index contributed by atoms with van der Waals surface area (Å²) in [6.45, 7) is 1.92. The first kappa shape index (κ1) is 18.6. The predicted molar refractivity (Wildman–Crippen MR) is 109 cm³/mol. The summed E-state index contributed by atoms with van der Waals surface area (Å²) in [6, 6.07) is 18.3. The second-order valence-electron chi connectivity index (χ2n) is 6.82. The highest BCUT2D eigenvalue weighted by Gasteiger charge is 2.21. The zero-order valence-corrected chi connectivity index (χ0v) is 16.3. The average Bonchev–Trinajstić information content (AvgIpc) is 3.10. The maximum Gasteiger partial charge on any atom is 0.343 e. The molecule has 0 fully saturated rings. The van der Waals surface area contributed by atoms with Crippen LogP contribution in [0, 0.1) is 0 Å². The third-order valence-electron chi connectivity index (χ3n) is 5.00. The monoisotopic (exact) mass is 394 g/mol. The fourth-order valence-electron chi connectivity index (χ4n) is 3.42. The van der Waals surface area contributed by atoms with Crippen LogP contribution in [0.2, 0.25) is 0 Å². The Bertz CT molecular complexity index is 1010. The number of fused-ring (bicyclic) bond motifs is 1. The molecule has 3 aromatic rings. The Kier molecular flexibility index (Phi) is 5.62. The minimum atomic E-state index is -0.238. The summed E-state index contributed by atoms with van der Waals surface area (Å²) in [5.41, 5.74) is 3.46. The number of hydrogen-bond acceptors (Lipinski definition) is 4. The van der Waals surface area contributed by atoms with E-state index in [1.165, 1.54) is 22.9 Å². The number of H-pyrrole nitrogens is 1. The number of nitrogens with zero attached hydrogens (tertiary/aromatic N) is 3. The van der Waals surface area contributed by atoms with Crippen LogP contribution in [0.15, 0.2) is 64.5 Å². The van der Waals surface area contributed by atoms with E-state index in [4.69, 9.17) is 0 Å². The van der Waals surface area contributed by atoms with Crippen molar-refractivity contribution >= 4 is 17.7 Å². The Hall–Kier alpha value is -2.80. The van der Waals surface area contributed by atoms with Crippen LogP contribution in [0.5, 0.6) is 0 Å². The van der Waals surface area contributed by atoms with E-state index < -0.39 is 0 Å². The Balaban J connectivity index is 1.36. The van der Waals surface area contributed by atoms with Gasteiger partial charge in [-0.25, -0.2) is 9.89 Å². The Morgan fingerprint density at radius 1 is 1.07 bits per heavy atom. The number of carbonyl (C=O) groups is 1. The van der Waals surface area contributed by atoms with Gasteiger partial charge in [0, 0.05) is 19.6 Å². The van der Waals surface area contributed by atoms with E-state index in [2.05, 4.69) is 22.3 Å². The van der Waals surface area contributed by atoms with Gasteiger partial charge in [-0.05, 0) is 29.5 Å². The van der Waals surface area contributed by atoms with Gasteiger partial charge >= 0.3 is 5.69 Å². The van der Waals surface area contributed by atoms with Crippen LogP contribution in [0.3, 0.4) is 0 Å². The molecule has 0 spiro atoms. The second-order valence-corrected chi connectivity index (χ2v) is 7.76.